The summed E-state index contributed by atoms with van der Waals surface area (Å²) in [6.45, 7) is 18.0. The van der Waals surface area contributed by atoms with Crippen molar-refractivity contribution in [3.8, 4) is 0 Å². The van der Waals surface area contributed by atoms with E-state index in [1.807, 2.05) is 0 Å². The molecule has 2 heterocycles. The first-order chi connectivity index (χ1) is 12.4. The van der Waals surface area contributed by atoms with Crippen LogP contribution in [0.3, 0.4) is 0 Å². The molecule has 1 saturated carbocycles. The second kappa shape index (κ2) is 8.30. The summed E-state index contributed by atoms with van der Waals surface area (Å²) in [5, 5.41) is 7.48. The largest absolute Gasteiger partial charge is 0.377 e. The van der Waals surface area contributed by atoms with Crippen LogP contribution in [-0.2, 0) is 4.74 Å². The lowest BCUT2D eigenvalue weighted by Crippen LogP contribution is -2.71. The molecule has 0 aromatic rings. The van der Waals surface area contributed by atoms with E-state index in [-0.39, 0.29) is 5.41 Å². The number of nitrogens with one attached hydrogen (secondary N) is 2. The third-order valence-corrected chi connectivity index (χ3v) is 6.36. The van der Waals surface area contributed by atoms with Crippen LogP contribution in [0.2, 0.25) is 0 Å². The lowest BCUT2D eigenvalue weighted by molar-refractivity contribution is -0.188. The zero-order valence-electron chi connectivity index (χ0n) is 17.2. The van der Waals surface area contributed by atoms with Crippen molar-refractivity contribution in [2.45, 2.75) is 71.6 Å². The molecule has 0 radical (unpaired) electrons. The molecule has 5 nitrogen and oxygen atoms in total. The van der Waals surface area contributed by atoms with Gasteiger partial charge in [-0.25, -0.2) is 0 Å². The highest BCUT2D eigenvalue weighted by Crippen LogP contribution is 2.51. The molecule has 2 aliphatic heterocycles. The molecule has 5 heteroatoms. The number of hydrogen-bond donors (Lipinski definition) is 2. The molecule has 26 heavy (non-hydrogen) atoms. The molecule has 0 amide bonds. The Morgan fingerprint density at radius 3 is 2.62 bits per heavy atom. The van der Waals surface area contributed by atoms with Gasteiger partial charge < -0.3 is 15.4 Å². The van der Waals surface area contributed by atoms with Gasteiger partial charge in [0, 0.05) is 56.2 Å². The first-order valence-electron chi connectivity index (χ1n) is 10.5. The van der Waals surface area contributed by atoms with Crippen LogP contribution in [0.1, 0.15) is 53.4 Å². The highest BCUT2D eigenvalue weighted by molar-refractivity contribution is 5.80. The number of piperidine rings is 1. The molecule has 148 valence electrons. The van der Waals surface area contributed by atoms with Gasteiger partial charge >= 0.3 is 0 Å². The van der Waals surface area contributed by atoms with Gasteiger partial charge in [-0.1, -0.05) is 26.0 Å². The standard InChI is InChI=1S/C21H38N4O/c1-6-22-20(23-16-9-11-25(12-10-16)14-15(2)3)24-18-17-8-7-13-26-19(17)21(18,4)5/h16-19H,2,6-14H2,1,3-5H3,(H2,22,23,24). The van der Waals surface area contributed by atoms with Crippen LogP contribution < -0.4 is 10.6 Å². The summed E-state index contributed by atoms with van der Waals surface area (Å²) in [7, 11) is 0. The van der Waals surface area contributed by atoms with Crippen molar-refractivity contribution in [2.24, 2.45) is 16.3 Å². The molecular weight excluding hydrogens is 324 g/mol. The van der Waals surface area contributed by atoms with Crippen LogP contribution in [0.25, 0.3) is 0 Å². The fourth-order valence-corrected chi connectivity index (χ4v) is 5.06. The van der Waals surface area contributed by atoms with Crippen LogP contribution in [0.15, 0.2) is 17.1 Å². The molecule has 3 unspecified atom stereocenters. The summed E-state index contributed by atoms with van der Waals surface area (Å²) in [4.78, 5) is 7.24. The van der Waals surface area contributed by atoms with Gasteiger partial charge in [0.15, 0.2) is 5.96 Å². The van der Waals surface area contributed by atoms with Gasteiger partial charge in [-0.05, 0) is 39.5 Å². The van der Waals surface area contributed by atoms with Crippen molar-refractivity contribution < 1.29 is 4.74 Å². The van der Waals surface area contributed by atoms with Crippen molar-refractivity contribution in [1.29, 1.82) is 0 Å². The highest BCUT2D eigenvalue weighted by atomic mass is 16.5. The van der Waals surface area contributed by atoms with Gasteiger partial charge in [-0.3, -0.25) is 9.89 Å². The summed E-state index contributed by atoms with van der Waals surface area (Å²) in [6, 6.07) is 0.963. The fraction of sp³-hybridized carbons (Fsp3) is 0.857. The normalized spacial score (nSPS) is 32.5. The van der Waals surface area contributed by atoms with Gasteiger partial charge in [0.25, 0.3) is 0 Å². The second-order valence-corrected chi connectivity index (χ2v) is 9.02. The Hall–Kier alpha value is -1.07. The van der Waals surface area contributed by atoms with E-state index in [0.29, 0.717) is 24.1 Å². The number of ether oxygens (including phenoxy) is 1. The molecule has 3 aliphatic rings. The van der Waals surface area contributed by atoms with E-state index in [1.165, 1.54) is 31.3 Å². The second-order valence-electron chi connectivity index (χ2n) is 9.02. The van der Waals surface area contributed by atoms with Crippen molar-refractivity contribution >= 4 is 5.96 Å². The average Bonchev–Trinajstić information content (AvgIpc) is 2.61. The van der Waals surface area contributed by atoms with E-state index >= 15 is 0 Å². The van der Waals surface area contributed by atoms with Crippen molar-refractivity contribution in [3.63, 3.8) is 0 Å². The topological polar surface area (TPSA) is 48.9 Å². The Morgan fingerprint density at radius 2 is 1.96 bits per heavy atom. The highest BCUT2D eigenvalue weighted by Gasteiger charge is 2.58. The van der Waals surface area contributed by atoms with Crippen LogP contribution in [0.4, 0.5) is 0 Å². The van der Waals surface area contributed by atoms with E-state index in [4.69, 9.17) is 9.73 Å². The predicted molar refractivity (Wildman–Crippen MR) is 109 cm³/mol. The minimum atomic E-state index is 0.173. The van der Waals surface area contributed by atoms with Gasteiger partial charge in [0.05, 0.1) is 6.10 Å². The van der Waals surface area contributed by atoms with Crippen LogP contribution in [-0.4, -0.2) is 61.8 Å². The zero-order chi connectivity index (χ0) is 18.7. The van der Waals surface area contributed by atoms with Crippen molar-refractivity contribution in [1.82, 2.24) is 15.5 Å². The van der Waals surface area contributed by atoms with Gasteiger partial charge in [-0.15, -0.1) is 0 Å². The molecule has 0 aromatic heterocycles. The molecule has 3 fully saturated rings. The van der Waals surface area contributed by atoms with Gasteiger partial charge in [0.1, 0.15) is 0 Å². The first-order valence-corrected chi connectivity index (χ1v) is 10.5. The molecule has 0 bridgehead atoms. The fourth-order valence-electron chi connectivity index (χ4n) is 5.06. The minimum absolute atomic E-state index is 0.173. The maximum atomic E-state index is 6.04. The minimum Gasteiger partial charge on any atom is -0.377 e. The van der Waals surface area contributed by atoms with Crippen LogP contribution in [0, 0.1) is 11.3 Å². The Labute approximate surface area is 159 Å². The van der Waals surface area contributed by atoms with E-state index in [1.54, 1.807) is 0 Å². The zero-order valence-corrected chi connectivity index (χ0v) is 17.2. The molecule has 3 atom stereocenters. The summed E-state index contributed by atoms with van der Waals surface area (Å²) in [5.74, 6) is 1.62. The average molecular weight is 363 g/mol. The molecular formula is C21H38N4O. The van der Waals surface area contributed by atoms with E-state index in [9.17, 15) is 0 Å². The van der Waals surface area contributed by atoms with E-state index < -0.39 is 0 Å². The Bertz CT molecular complexity index is 522. The smallest absolute Gasteiger partial charge is 0.191 e. The number of fused-ring (bicyclic) bond motifs is 1. The van der Waals surface area contributed by atoms with Gasteiger partial charge in [-0.2, -0.15) is 0 Å². The van der Waals surface area contributed by atoms with E-state index in [2.05, 4.69) is 49.8 Å². The lowest BCUT2D eigenvalue weighted by Gasteiger charge is -2.60. The van der Waals surface area contributed by atoms with Crippen molar-refractivity contribution in [2.75, 3.05) is 32.8 Å². The molecule has 0 spiro atoms. The Morgan fingerprint density at radius 1 is 1.23 bits per heavy atom. The summed E-state index contributed by atoms with van der Waals surface area (Å²) < 4.78 is 6.04. The van der Waals surface area contributed by atoms with Crippen molar-refractivity contribution in [3.05, 3.63) is 12.2 Å². The maximum absolute atomic E-state index is 6.04. The summed E-state index contributed by atoms with van der Waals surface area (Å²) in [6.07, 6.45) is 5.19. The van der Waals surface area contributed by atoms with Gasteiger partial charge in [0.2, 0.25) is 0 Å². The summed E-state index contributed by atoms with van der Waals surface area (Å²) in [5.41, 5.74) is 1.43. The molecule has 1 aliphatic carbocycles. The van der Waals surface area contributed by atoms with E-state index in [0.717, 1.165) is 38.7 Å². The number of hydrogen-bond acceptors (Lipinski definition) is 3. The quantitative estimate of drug-likeness (QED) is 0.449. The lowest BCUT2D eigenvalue weighted by atomic mass is 9.55. The monoisotopic (exact) mass is 362 g/mol. The SMILES string of the molecule is C=C(C)CN1CCC(NC(=NCC)NC2C3CCCOC3C2(C)C)CC1. The van der Waals surface area contributed by atoms with Crippen LogP contribution in [0.5, 0.6) is 0 Å². The number of nitrogens with zero attached hydrogens (tertiary/aromatic N) is 2. The number of likely N-dealkylation sites (tertiary alicyclic amines) is 1. The summed E-state index contributed by atoms with van der Waals surface area (Å²) >= 11 is 0. The molecule has 0 aromatic carbocycles. The Kier molecular flexibility index (Phi) is 6.29. The Balaban J connectivity index is 1.54. The van der Waals surface area contributed by atoms with Crippen LogP contribution >= 0.6 is 0 Å². The number of rotatable bonds is 5. The predicted octanol–water partition coefficient (Wildman–Crippen LogP) is 2.79. The first kappa shape index (κ1) is 19.7. The third kappa shape index (κ3) is 4.25. The number of guanidine groups is 1. The third-order valence-electron chi connectivity index (χ3n) is 6.36. The number of aliphatic imine (C=N–C) groups is 1. The molecule has 2 N–H and O–H groups in total. The molecule has 2 saturated heterocycles. The molecule has 3 rings (SSSR count). The maximum Gasteiger partial charge on any atom is 0.191 e.